The average molecular weight is 486 g/mol. The van der Waals surface area contributed by atoms with Gasteiger partial charge in [-0.05, 0) is 65.6 Å². The summed E-state index contributed by atoms with van der Waals surface area (Å²) in [6.07, 6.45) is 2.28. The van der Waals surface area contributed by atoms with Gasteiger partial charge in [0.1, 0.15) is 5.82 Å². The molecule has 0 aliphatic heterocycles. The maximum atomic E-state index is 14.0. The number of pyridine rings is 1. The molecule has 1 aliphatic carbocycles. The van der Waals surface area contributed by atoms with Crippen LogP contribution in [0.1, 0.15) is 39.5 Å². The van der Waals surface area contributed by atoms with Crippen LogP contribution in [0.3, 0.4) is 0 Å². The zero-order valence-electron chi connectivity index (χ0n) is 17.8. The molecule has 0 saturated heterocycles. The fourth-order valence-electron chi connectivity index (χ4n) is 3.70. The summed E-state index contributed by atoms with van der Waals surface area (Å²) in [7, 11) is 0. The number of imidazole rings is 1. The third-order valence-electron chi connectivity index (χ3n) is 5.59. The van der Waals surface area contributed by atoms with E-state index in [0.29, 0.717) is 11.5 Å². The molecular formula is C25H19F4N3OS. The quantitative estimate of drug-likeness (QED) is 0.314. The van der Waals surface area contributed by atoms with E-state index in [9.17, 15) is 22.4 Å². The molecule has 0 spiro atoms. The van der Waals surface area contributed by atoms with Crippen LogP contribution in [0.15, 0.2) is 60.1 Å². The largest absolute Gasteiger partial charge is 0.420 e. The summed E-state index contributed by atoms with van der Waals surface area (Å²) in [5.41, 5.74) is -0.730. The molecule has 0 atom stereocenters. The van der Waals surface area contributed by atoms with Gasteiger partial charge in [-0.3, -0.25) is 9.20 Å². The van der Waals surface area contributed by atoms with Gasteiger partial charge in [0.15, 0.2) is 11.3 Å². The van der Waals surface area contributed by atoms with Crippen molar-refractivity contribution in [1.29, 1.82) is 0 Å². The molecule has 4 nitrogen and oxygen atoms in total. The van der Waals surface area contributed by atoms with Crippen LogP contribution < -0.4 is 5.32 Å². The number of halogens is 4. The molecule has 34 heavy (non-hydrogen) atoms. The average Bonchev–Trinajstić information content (AvgIpc) is 3.34. The Balaban J connectivity index is 1.67. The van der Waals surface area contributed by atoms with E-state index in [1.165, 1.54) is 46.2 Å². The van der Waals surface area contributed by atoms with Crippen LogP contribution >= 0.6 is 11.3 Å². The highest BCUT2D eigenvalue weighted by molar-refractivity contribution is 7.09. The number of rotatable bonds is 6. The van der Waals surface area contributed by atoms with E-state index in [4.69, 9.17) is 0 Å². The molecule has 1 N–H and O–H groups in total. The second-order valence-corrected chi connectivity index (χ2v) is 9.18. The number of aromatic nitrogens is 2. The second-order valence-electron chi connectivity index (χ2n) is 8.15. The highest BCUT2D eigenvalue weighted by Gasteiger charge is 2.36. The second kappa shape index (κ2) is 8.72. The third-order valence-corrected chi connectivity index (χ3v) is 6.46. The molecule has 0 unspecified atom stereocenters. The Morgan fingerprint density at radius 2 is 2.00 bits per heavy atom. The number of amides is 1. The fraction of sp³-hybridized carbons (Fsp3) is 0.200. The molecule has 9 heteroatoms. The SMILES string of the molecule is O=C(NCc1cccs1)c1nc2c(C(F)(F)F)cc(-c3cccc(F)c3)cn2c1C=CC1CC1. The smallest absolute Gasteiger partial charge is 0.346 e. The van der Waals surface area contributed by atoms with Crippen molar-refractivity contribution in [3.8, 4) is 11.1 Å². The number of thiophene rings is 1. The van der Waals surface area contributed by atoms with Crippen molar-refractivity contribution in [3.63, 3.8) is 0 Å². The molecule has 1 saturated carbocycles. The van der Waals surface area contributed by atoms with Crippen LogP contribution in [-0.2, 0) is 12.7 Å². The molecule has 3 aromatic heterocycles. The molecule has 1 amide bonds. The van der Waals surface area contributed by atoms with Crippen LogP contribution in [0, 0.1) is 11.7 Å². The number of carbonyl (C=O) groups excluding carboxylic acids is 1. The number of allylic oxidation sites excluding steroid dienone is 1. The van der Waals surface area contributed by atoms with Crippen LogP contribution in [0.4, 0.5) is 17.6 Å². The Labute approximate surface area is 196 Å². The number of carbonyl (C=O) groups is 1. The van der Waals surface area contributed by atoms with Crippen molar-refractivity contribution < 1.29 is 22.4 Å². The maximum Gasteiger partial charge on any atom is 0.420 e. The first-order valence-electron chi connectivity index (χ1n) is 10.7. The van der Waals surface area contributed by atoms with Crippen molar-refractivity contribution in [2.75, 3.05) is 0 Å². The van der Waals surface area contributed by atoms with E-state index in [1.54, 1.807) is 6.08 Å². The Bertz CT molecular complexity index is 1390. The monoisotopic (exact) mass is 485 g/mol. The number of fused-ring (bicyclic) bond motifs is 1. The first-order valence-corrected chi connectivity index (χ1v) is 11.6. The Kier molecular flexibility index (Phi) is 5.73. The van der Waals surface area contributed by atoms with Gasteiger partial charge >= 0.3 is 6.18 Å². The van der Waals surface area contributed by atoms with E-state index < -0.39 is 23.5 Å². The van der Waals surface area contributed by atoms with Gasteiger partial charge in [-0.25, -0.2) is 9.37 Å². The van der Waals surface area contributed by atoms with Gasteiger partial charge in [-0.1, -0.05) is 24.3 Å². The number of nitrogens with zero attached hydrogens (tertiary/aromatic N) is 2. The standard InChI is InChI=1S/C25H19F4N3OS/c26-18-4-1-3-16(11-18)17-12-20(25(27,28)29)23-31-22(24(33)30-13-19-5-2-10-34-19)21(32(23)14-17)9-8-15-6-7-15/h1-5,8-12,14-15H,6-7,13H2,(H,30,33). The normalized spacial score (nSPS) is 14.2. The minimum absolute atomic E-state index is 0.0876. The van der Waals surface area contributed by atoms with E-state index in [2.05, 4.69) is 10.3 Å². The number of hydrogen-bond donors (Lipinski definition) is 1. The van der Waals surface area contributed by atoms with Crippen molar-refractivity contribution >= 4 is 29.0 Å². The predicted octanol–water partition coefficient (Wildman–Crippen LogP) is 6.57. The van der Waals surface area contributed by atoms with E-state index in [0.717, 1.165) is 23.8 Å². The summed E-state index contributed by atoms with van der Waals surface area (Å²) in [6, 6.07) is 10.0. The van der Waals surface area contributed by atoms with Crippen molar-refractivity contribution in [3.05, 3.63) is 87.8 Å². The van der Waals surface area contributed by atoms with Gasteiger partial charge in [0.2, 0.25) is 0 Å². The lowest BCUT2D eigenvalue weighted by atomic mass is 10.1. The highest BCUT2D eigenvalue weighted by Crippen LogP contribution is 2.37. The number of hydrogen-bond acceptors (Lipinski definition) is 3. The summed E-state index contributed by atoms with van der Waals surface area (Å²) in [6.45, 7) is 0.247. The molecule has 1 aliphatic rings. The van der Waals surface area contributed by atoms with Gasteiger partial charge in [0, 0.05) is 11.1 Å². The lowest BCUT2D eigenvalue weighted by Crippen LogP contribution is -2.23. The van der Waals surface area contributed by atoms with E-state index in [1.807, 2.05) is 23.6 Å². The third kappa shape index (κ3) is 4.61. The molecule has 1 fully saturated rings. The van der Waals surface area contributed by atoms with Gasteiger partial charge in [-0.15, -0.1) is 11.3 Å². The lowest BCUT2D eigenvalue weighted by molar-refractivity contribution is -0.136. The van der Waals surface area contributed by atoms with Gasteiger partial charge < -0.3 is 5.32 Å². The summed E-state index contributed by atoms with van der Waals surface area (Å²) in [4.78, 5) is 18.1. The van der Waals surface area contributed by atoms with Crippen LogP contribution in [0.25, 0.3) is 22.9 Å². The predicted molar refractivity (Wildman–Crippen MR) is 123 cm³/mol. The topological polar surface area (TPSA) is 46.4 Å². The zero-order chi connectivity index (χ0) is 23.9. The number of alkyl halides is 3. The zero-order valence-corrected chi connectivity index (χ0v) is 18.6. The van der Waals surface area contributed by atoms with Crippen LogP contribution in [0.2, 0.25) is 0 Å². The van der Waals surface area contributed by atoms with Gasteiger partial charge in [0.25, 0.3) is 5.91 Å². The summed E-state index contributed by atoms with van der Waals surface area (Å²) in [5.74, 6) is -0.784. The van der Waals surface area contributed by atoms with Crippen LogP contribution in [-0.4, -0.2) is 15.3 Å². The Morgan fingerprint density at radius 3 is 2.68 bits per heavy atom. The highest BCUT2D eigenvalue weighted by atomic mass is 32.1. The minimum Gasteiger partial charge on any atom is -0.346 e. The number of nitrogens with one attached hydrogen (secondary N) is 1. The Hall–Kier alpha value is -3.46. The minimum atomic E-state index is -4.72. The van der Waals surface area contributed by atoms with Gasteiger partial charge in [-0.2, -0.15) is 13.2 Å². The van der Waals surface area contributed by atoms with Crippen molar-refractivity contribution in [2.45, 2.75) is 25.6 Å². The Morgan fingerprint density at radius 1 is 1.18 bits per heavy atom. The molecule has 174 valence electrons. The van der Waals surface area contributed by atoms with E-state index in [-0.39, 0.29) is 29.1 Å². The lowest BCUT2D eigenvalue weighted by Gasteiger charge is -2.12. The summed E-state index contributed by atoms with van der Waals surface area (Å²) >= 11 is 1.46. The molecule has 3 heterocycles. The molecular weight excluding hydrogens is 466 g/mol. The van der Waals surface area contributed by atoms with E-state index >= 15 is 0 Å². The summed E-state index contributed by atoms with van der Waals surface area (Å²) in [5, 5.41) is 4.62. The number of benzene rings is 1. The maximum absolute atomic E-state index is 14.0. The van der Waals surface area contributed by atoms with Crippen molar-refractivity contribution in [2.24, 2.45) is 5.92 Å². The molecule has 5 rings (SSSR count). The fourth-order valence-corrected chi connectivity index (χ4v) is 4.35. The first-order chi connectivity index (χ1) is 16.3. The van der Waals surface area contributed by atoms with Gasteiger partial charge in [0.05, 0.1) is 17.8 Å². The van der Waals surface area contributed by atoms with Crippen LogP contribution in [0.5, 0.6) is 0 Å². The molecule has 0 bridgehead atoms. The van der Waals surface area contributed by atoms with Crippen molar-refractivity contribution in [1.82, 2.24) is 14.7 Å². The molecule has 4 aromatic rings. The molecule has 1 aromatic carbocycles. The first kappa shape index (κ1) is 22.3. The molecule has 0 radical (unpaired) electrons. The summed E-state index contributed by atoms with van der Waals surface area (Å²) < 4.78 is 57.2.